The Bertz CT molecular complexity index is 416. The number of benzene rings is 1. The molecule has 1 amide bonds. The Hall–Kier alpha value is -1.13. The van der Waals surface area contributed by atoms with Crippen LogP contribution in [0.1, 0.15) is 15.9 Å². The van der Waals surface area contributed by atoms with Crippen molar-refractivity contribution in [2.45, 2.75) is 5.88 Å². The molecule has 1 aliphatic rings. The predicted octanol–water partition coefficient (Wildman–Crippen LogP) is 2.25. The van der Waals surface area contributed by atoms with Gasteiger partial charge in [-0.2, -0.15) is 0 Å². The van der Waals surface area contributed by atoms with Gasteiger partial charge in [0.25, 0.3) is 5.91 Å². The third-order valence-corrected chi connectivity index (χ3v) is 3.30. The monoisotopic (exact) mass is 254 g/mol. The lowest BCUT2D eigenvalue weighted by molar-refractivity contribution is 0.0969. The standard InChI is InChI=1S/C11H11ClN2OS/c12-5-8-1-3-9(4-2-8)11(15)14-10-6-13-7-16-10/h1-4,6,13H,5,7H2,(H,14,15). The van der Waals surface area contributed by atoms with Gasteiger partial charge in [0, 0.05) is 17.6 Å². The first-order valence-corrected chi connectivity index (χ1v) is 6.34. The molecule has 0 bridgehead atoms. The molecule has 1 aliphatic heterocycles. The van der Waals surface area contributed by atoms with E-state index >= 15 is 0 Å². The number of thioether (sulfide) groups is 1. The van der Waals surface area contributed by atoms with E-state index in [4.69, 9.17) is 11.6 Å². The van der Waals surface area contributed by atoms with Gasteiger partial charge >= 0.3 is 0 Å². The van der Waals surface area contributed by atoms with Crippen molar-refractivity contribution in [3.63, 3.8) is 0 Å². The molecule has 0 radical (unpaired) electrons. The number of carbonyl (C=O) groups excluding carboxylic acids is 1. The van der Waals surface area contributed by atoms with E-state index in [2.05, 4.69) is 10.6 Å². The summed E-state index contributed by atoms with van der Waals surface area (Å²) in [5.41, 5.74) is 1.65. The minimum atomic E-state index is -0.0939. The normalized spacial score (nSPS) is 14.2. The van der Waals surface area contributed by atoms with E-state index in [0.29, 0.717) is 11.4 Å². The van der Waals surface area contributed by atoms with Gasteiger partial charge in [0.2, 0.25) is 0 Å². The number of carbonyl (C=O) groups is 1. The molecule has 0 unspecified atom stereocenters. The number of alkyl halides is 1. The van der Waals surface area contributed by atoms with Crippen LogP contribution < -0.4 is 10.6 Å². The maximum Gasteiger partial charge on any atom is 0.256 e. The van der Waals surface area contributed by atoms with Crippen LogP contribution in [-0.2, 0) is 5.88 Å². The van der Waals surface area contributed by atoms with Gasteiger partial charge in [-0.3, -0.25) is 4.79 Å². The van der Waals surface area contributed by atoms with E-state index in [1.807, 2.05) is 12.1 Å². The molecule has 1 heterocycles. The van der Waals surface area contributed by atoms with E-state index in [1.165, 1.54) is 0 Å². The molecule has 2 N–H and O–H groups in total. The maximum atomic E-state index is 11.8. The van der Waals surface area contributed by atoms with Crippen LogP contribution in [0.2, 0.25) is 0 Å². The average Bonchev–Trinajstić information content (AvgIpc) is 2.82. The lowest BCUT2D eigenvalue weighted by atomic mass is 10.1. The van der Waals surface area contributed by atoms with Gasteiger partial charge in [0.15, 0.2) is 0 Å². The van der Waals surface area contributed by atoms with Gasteiger partial charge in [0.05, 0.1) is 10.9 Å². The Morgan fingerprint density at radius 3 is 2.75 bits per heavy atom. The molecule has 0 aromatic heterocycles. The van der Waals surface area contributed by atoms with Gasteiger partial charge < -0.3 is 10.6 Å². The number of halogens is 1. The molecule has 1 aromatic carbocycles. The number of rotatable bonds is 3. The highest BCUT2D eigenvalue weighted by Gasteiger charge is 2.10. The van der Waals surface area contributed by atoms with E-state index < -0.39 is 0 Å². The molecule has 0 atom stereocenters. The van der Waals surface area contributed by atoms with Crippen molar-refractivity contribution in [3.05, 3.63) is 46.6 Å². The minimum absolute atomic E-state index is 0.0939. The zero-order chi connectivity index (χ0) is 11.4. The van der Waals surface area contributed by atoms with Crippen molar-refractivity contribution in [2.75, 3.05) is 5.88 Å². The van der Waals surface area contributed by atoms with Crippen LogP contribution in [0.4, 0.5) is 0 Å². The van der Waals surface area contributed by atoms with Crippen LogP contribution in [0.15, 0.2) is 35.5 Å². The zero-order valence-corrected chi connectivity index (χ0v) is 10.1. The number of hydrogen-bond donors (Lipinski definition) is 2. The lowest BCUT2D eigenvalue weighted by Gasteiger charge is -2.04. The number of hydrogen-bond acceptors (Lipinski definition) is 3. The molecule has 5 heteroatoms. The van der Waals surface area contributed by atoms with Crippen molar-refractivity contribution in [1.29, 1.82) is 0 Å². The smallest absolute Gasteiger partial charge is 0.256 e. The van der Waals surface area contributed by atoms with Crippen LogP contribution in [0, 0.1) is 0 Å². The molecule has 2 rings (SSSR count). The first-order valence-electron chi connectivity index (χ1n) is 4.82. The Morgan fingerprint density at radius 1 is 1.44 bits per heavy atom. The largest absolute Gasteiger partial charge is 0.379 e. The van der Waals surface area contributed by atoms with Gasteiger partial charge in [-0.25, -0.2) is 0 Å². The molecule has 0 saturated heterocycles. The van der Waals surface area contributed by atoms with Crippen molar-refractivity contribution in [3.8, 4) is 0 Å². The highest BCUT2D eigenvalue weighted by Crippen LogP contribution is 2.16. The molecule has 3 nitrogen and oxygen atoms in total. The number of nitrogens with one attached hydrogen (secondary N) is 2. The van der Waals surface area contributed by atoms with Gasteiger partial charge in [-0.1, -0.05) is 23.9 Å². The summed E-state index contributed by atoms with van der Waals surface area (Å²) in [7, 11) is 0. The van der Waals surface area contributed by atoms with Crippen LogP contribution >= 0.6 is 23.4 Å². The number of amides is 1. The third kappa shape index (κ3) is 2.71. The Kier molecular flexibility index (Phi) is 3.74. The molecular weight excluding hydrogens is 244 g/mol. The van der Waals surface area contributed by atoms with Crippen molar-refractivity contribution < 1.29 is 4.79 Å². The van der Waals surface area contributed by atoms with Crippen LogP contribution in [0.3, 0.4) is 0 Å². The fraction of sp³-hybridized carbons (Fsp3) is 0.182. The quantitative estimate of drug-likeness (QED) is 0.813. The van der Waals surface area contributed by atoms with Gasteiger partial charge in [0.1, 0.15) is 0 Å². The molecular formula is C11H11ClN2OS. The Balaban J connectivity index is 2.02. The summed E-state index contributed by atoms with van der Waals surface area (Å²) in [6.45, 7) is 0. The van der Waals surface area contributed by atoms with E-state index in [9.17, 15) is 4.79 Å². The summed E-state index contributed by atoms with van der Waals surface area (Å²) in [6, 6.07) is 7.27. The molecule has 84 valence electrons. The van der Waals surface area contributed by atoms with Crippen molar-refractivity contribution in [2.24, 2.45) is 0 Å². The Morgan fingerprint density at radius 2 is 2.19 bits per heavy atom. The maximum absolute atomic E-state index is 11.8. The fourth-order valence-corrected chi connectivity index (χ4v) is 2.13. The highest BCUT2D eigenvalue weighted by molar-refractivity contribution is 8.03. The second-order valence-electron chi connectivity index (χ2n) is 3.29. The van der Waals surface area contributed by atoms with E-state index in [0.717, 1.165) is 16.5 Å². The first kappa shape index (κ1) is 11.4. The van der Waals surface area contributed by atoms with E-state index in [1.54, 1.807) is 30.1 Å². The predicted molar refractivity (Wildman–Crippen MR) is 67.1 cm³/mol. The van der Waals surface area contributed by atoms with Crippen LogP contribution in [0.5, 0.6) is 0 Å². The zero-order valence-electron chi connectivity index (χ0n) is 8.50. The van der Waals surface area contributed by atoms with Crippen LogP contribution in [-0.4, -0.2) is 11.8 Å². The molecule has 16 heavy (non-hydrogen) atoms. The summed E-state index contributed by atoms with van der Waals surface area (Å²) in [5.74, 6) is 1.18. The van der Waals surface area contributed by atoms with Crippen molar-refractivity contribution >= 4 is 29.3 Å². The second-order valence-corrected chi connectivity index (χ2v) is 4.57. The summed E-state index contributed by atoms with van der Waals surface area (Å²) in [6.07, 6.45) is 1.80. The third-order valence-electron chi connectivity index (χ3n) is 2.15. The average molecular weight is 255 g/mol. The minimum Gasteiger partial charge on any atom is -0.379 e. The molecule has 0 fully saturated rings. The summed E-state index contributed by atoms with van der Waals surface area (Å²) >= 11 is 7.25. The molecule has 0 aliphatic carbocycles. The van der Waals surface area contributed by atoms with Crippen molar-refractivity contribution in [1.82, 2.24) is 10.6 Å². The first-order chi connectivity index (χ1) is 7.79. The summed E-state index contributed by atoms with van der Waals surface area (Å²) in [4.78, 5) is 11.8. The Labute approximate surface area is 103 Å². The second kappa shape index (κ2) is 5.27. The SMILES string of the molecule is O=C(NC1=CNCS1)c1ccc(CCl)cc1. The molecule has 0 saturated carbocycles. The van der Waals surface area contributed by atoms with E-state index in [-0.39, 0.29) is 5.91 Å². The summed E-state index contributed by atoms with van der Waals surface area (Å²) < 4.78 is 0. The van der Waals surface area contributed by atoms with Gasteiger partial charge in [-0.05, 0) is 17.7 Å². The highest BCUT2D eigenvalue weighted by atomic mass is 35.5. The molecule has 1 aromatic rings. The summed E-state index contributed by atoms with van der Waals surface area (Å²) in [5, 5.41) is 6.69. The topological polar surface area (TPSA) is 41.1 Å². The van der Waals surface area contributed by atoms with Crippen LogP contribution in [0.25, 0.3) is 0 Å². The molecule has 0 spiro atoms. The fourth-order valence-electron chi connectivity index (χ4n) is 1.30. The lowest BCUT2D eigenvalue weighted by Crippen LogP contribution is -2.20. The van der Waals surface area contributed by atoms with Gasteiger partial charge in [-0.15, -0.1) is 11.6 Å².